The first-order chi connectivity index (χ1) is 11.6. The number of rotatable bonds is 5. The molecule has 0 fully saturated rings. The number of hydrogen-bond donors (Lipinski definition) is 3. The van der Waals surface area contributed by atoms with Gasteiger partial charge in [-0.3, -0.25) is 5.43 Å². The second kappa shape index (κ2) is 6.66. The van der Waals surface area contributed by atoms with Crippen LogP contribution in [0.5, 0.6) is 5.75 Å². The molecule has 0 saturated carbocycles. The van der Waals surface area contributed by atoms with Crippen molar-refractivity contribution in [1.82, 2.24) is 4.98 Å². The van der Waals surface area contributed by atoms with E-state index >= 15 is 0 Å². The summed E-state index contributed by atoms with van der Waals surface area (Å²) in [7, 11) is 0. The molecule has 2 aromatic carbocycles. The summed E-state index contributed by atoms with van der Waals surface area (Å²) in [6.07, 6.45) is 4.47. The number of aromatic carboxylic acids is 1. The van der Waals surface area contributed by atoms with Crippen molar-refractivity contribution in [2.24, 2.45) is 5.10 Å². The minimum absolute atomic E-state index is 0.171. The van der Waals surface area contributed by atoms with E-state index in [-0.39, 0.29) is 11.3 Å². The zero-order chi connectivity index (χ0) is 16.9. The number of carbonyl (C=O) groups is 1. The maximum atomic E-state index is 11.0. The van der Waals surface area contributed by atoms with Gasteiger partial charge in [-0.1, -0.05) is 0 Å². The number of aromatic nitrogens is 1. The van der Waals surface area contributed by atoms with E-state index in [1.165, 1.54) is 24.7 Å². The molecule has 0 atom stereocenters. The van der Waals surface area contributed by atoms with Gasteiger partial charge in [0.2, 0.25) is 0 Å². The van der Waals surface area contributed by atoms with Crippen molar-refractivity contribution in [3.8, 4) is 17.1 Å². The predicted octanol–water partition coefficient (Wildman–Crippen LogP) is 3.19. The van der Waals surface area contributed by atoms with Gasteiger partial charge in [0.1, 0.15) is 11.3 Å². The Morgan fingerprint density at radius 2 is 2.00 bits per heavy atom. The summed E-state index contributed by atoms with van der Waals surface area (Å²) in [6, 6.07) is 11.6. The Balaban J connectivity index is 1.68. The third-order valence-electron chi connectivity index (χ3n) is 3.26. The lowest BCUT2D eigenvalue weighted by Gasteiger charge is -2.02. The van der Waals surface area contributed by atoms with Crippen LogP contribution in [0.4, 0.5) is 5.69 Å². The molecule has 0 unspecified atom stereocenters. The fourth-order valence-electron chi connectivity index (χ4n) is 2.05. The number of aromatic hydroxyl groups is 1. The van der Waals surface area contributed by atoms with Gasteiger partial charge in [-0.2, -0.15) is 5.10 Å². The lowest BCUT2D eigenvalue weighted by atomic mass is 10.1. The molecule has 7 heteroatoms. The highest BCUT2D eigenvalue weighted by atomic mass is 16.4. The average molecular weight is 323 g/mol. The lowest BCUT2D eigenvalue weighted by Crippen LogP contribution is -1.98. The smallest absolute Gasteiger partial charge is 0.339 e. The molecule has 3 rings (SSSR count). The van der Waals surface area contributed by atoms with Crippen LogP contribution in [-0.2, 0) is 0 Å². The molecule has 1 heterocycles. The molecule has 120 valence electrons. The number of carboxylic acids is 1. The molecule has 0 radical (unpaired) electrons. The van der Waals surface area contributed by atoms with E-state index in [4.69, 9.17) is 9.52 Å². The van der Waals surface area contributed by atoms with E-state index in [0.717, 1.165) is 11.3 Å². The van der Waals surface area contributed by atoms with Gasteiger partial charge in [0.15, 0.2) is 12.2 Å². The maximum absolute atomic E-state index is 11.0. The zero-order valence-corrected chi connectivity index (χ0v) is 12.4. The Labute approximate surface area is 136 Å². The Morgan fingerprint density at radius 3 is 2.67 bits per heavy atom. The molecule has 0 amide bonds. The fraction of sp³-hybridized carbons (Fsp3) is 0. The van der Waals surface area contributed by atoms with Crippen molar-refractivity contribution in [3.05, 3.63) is 66.2 Å². The third kappa shape index (κ3) is 3.41. The van der Waals surface area contributed by atoms with Crippen LogP contribution >= 0.6 is 0 Å². The summed E-state index contributed by atoms with van der Waals surface area (Å²) in [5.41, 5.74) is 4.87. The summed E-state index contributed by atoms with van der Waals surface area (Å²) in [5, 5.41) is 22.5. The summed E-state index contributed by atoms with van der Waals surface area (Å²) in [4.78, 5) is 14.8. The van der Waals surface area contributed by atoms with Crippen LogP contribution in [0.1, 0.15) is 15.9 Å². The van der Waals surface area contributed by atoms with Crippen molar-refractivity contribution in [2.75, 3.05) is 5.43 Å². The summed E-state index contributed by atoms with van der Waals surface area (Å²) in [6.45, 7) is 0. The topological polar surface area (TPSA) is 108 Å². The highest BCUT2D eigenvalue weighted by Crippen LogP contribution is 2.21. The molecule has 3 N–H and O–H groups in total. The number of oxazole rings is 1. The van der Waals surface area contributed by atoms with Gasteiger partial charge in [0.05, 0.1) is 18.1 Å². The van der Waals surface area contributed by atoms with Gasteiger partial charge >= 0.3 is 5.97 Å². The molecule has 0 aliphatic rings. The largest absolute Gasteiger partial charge is 0.507 e. The highest BCUT2D eigenvalue weighted by Gasteiger charge is 2.09. The van der Waals surface area contributed by atoms with Crippen molar-refractivity contribution in [2.45, 2.75) is 0 Å². The van der Waals surface area contributed by atoms with Crippen molar-refractivity contribution in [3.63, 3.8) is 0 Å². The minimum Gasteiger partial charge on any atom is -0.507 e. The Kier molecular flexibility index (Phi) is 4.24. The van der Waals surface area contributed by atoms with E-state index in [0.29, 0.717) is 11.3 Å². The van der Waals surface area contributed by atoms with E-state index in [9.17, 15) is 9.90 Å². The van der Waals surface area contributed by atoms with Crippen LogP contribution in [0.15, 0.2) is 64.6 Å². The molecule has 24 heavy (non-hydrogen) atoms. The van der Waals surface area contributed by atoms with Gasteiger partial charge in [0.25, 0.3) is 0 Å². The van der Waals surface area contributed by atoms with Gasteiger partial charge in [-0.15, -0.1) is 0 Å². The number of carboxylic acid groups (broad SMARTS) is 1. The van der Waals surface area contributed by atoms with E-state index in [1.54, 1.807) is 12.3 Å². The Hall–Kier alpha value is -3.61. The molecule has 0 aliphatic heterocycles. The number of anilines is 1. The molecule has 0 aliphatic carbocycles. The fourth-order valence-corrected chi connectivity index (χ4v) is 2.05. The van der Waals surface area contributed by atoms with Crippen LogP contribution in [0.3, 0.4) is 0 Å². The molecular weight excluding hydrogens is 310 g/mol. The van der Waals surface area contributed by atoms with Gasteiger partial charge in [0, 0.05) is 5.56 Å². The number of benzene rings is 2. The molecule has 3 aromatic rings. The first-order valence-corrected chi connectivity index (χ1v) is 6.98. The van der Waals surface area contributed by atoms with E-state index in [2.05, 4.69) is 15.5 Å². The third-order valence-corrected chi connectivity index (χ3v) is 3.26. The summed E-state index contributed by atoms with van der Waals surface area (Å²) in [5.74, 6) is -0.801. The monoisotopic (exact) mass is 323 g/mol. The predicted molar refractivity (Wildman–Crippen MR) is 88.2 cm³/mol. The maximum Gasteiger partial charge on any atom is 0.339 e. The van der Waals surface area contributed by atoms with Gasteiger partial charge in [-0.05, 0) is 48.0 Å². The summed E-state index contributed by atoms with van der Waals surface area (Å²) >= 11 is 0. The Bertz CT molecular complexity index is 871. The second-order valence-electron chi connectivity index (χ2n) is 4.89. The van der Waals surface area contributed by atoms with E-state index < -0.39 is 5.97 Å². The Morgan fingerprint density at radius 1 is 1.21 bits per heavy atom. The van der Waals surface area contributed by atoms with Crippen molar-refractivity contribution < 1.29 is 19.4 Å². The van der Waals surface area contributed by atoms with E-state index in [1.807, 2.05) is 24.3 Å². The SMILES string of the molecule is O=C(O)c1cc(/C=N/Nc2ccc(-c3cnco3)cc2)ccc1O. The normalized spacial score (nSPS) is 10.8. The van der Waals surface area contributed by atoms with Crippen LogP contribution in [-0.4, -0.2) is 27.4 Å². The number of phenols is 1. The molecule has 0 saturated heterocycles. The zero-order valence-electron chi connectivity index (χ0n) is 12.4. The first kappa shape index (κ1) is 15.3. The van der Waals surface area contributed by atoms with Crippen LogP contribution in [0.25, 0.3) is 11.3 Å². The molecule has 0 spiro atoms. The van der Waals surface area contributed by atoms with Gasteiger partial charge < -0.3 is 14.6 Å². The molecule has 7 nitrogen and oxygen atoms in total. The number of hydrazone groups is 1. The first-order valence-electron chi connectivity index (χ1n) is 6.98. The number of nitrogens with zero attached hydrogens (tertiary/aromatic N) is 2. The van der Waals surface area contributed by atoms with Crippen LogP contribution in [0, 0.1) is 0 Å². The van der Waals surface area contributed by atoms with Crippen molar-refractivity contribution in [1.29, 1.82) is 0 Å². The molecular formula is C17H13N3O4. The second-order valence-corrected chi connectivity index (χ2v) is 4.89. The number of hydrogen-bond acceptors (Lipinski definition) is 6. The lowest BCUT2D eigenvalue weighted by molar-refractivity contribution is 0.0693. The average Bonchev–Trinajstić information content (AvgIpc) is 3.11. The molecule has 1 aromatic heterocycles. The molecule has 0 bridgehead atoms. The van der Waals surface area contributed by atoms with Gasteiger partial charge in [-0.25, -0.2) is 9.78 Å². The van der Waals surface area contributed by atoms with Crippen LogP contribution in [0.2, 0.25) is 0 Å². The minimum atomic E-state index is -1.20. The standard InChI is InChI=1S/C17H13N3O4/c21-15-6-1-11(7-14(15)17(22)23)8-19-20-13-4-2-12(3-5-13)16-9-18-10-24-16/h1-10,20-21H,(H,22,23)/b19-8+. The summed E-state index contributed by atoms with van der Waals surface area (Å²) < 4.78 is 5.21. The van der Waals surface area contributed by atoms with Crippen molar-refractivity contribution >= 4 is 17.9 Å². The highest BCUT2D eigenvalue weighted by molar-refractivity contribution is 5.93. The van der Waals surface area contributed by atoms with Crippen LogP contribution < -0.4 is 5.43 Å². The number of nitrogens with one attached hydrogen (secondary N) is 1. The quantitative estimate of drug-likeness (QED) is 0.491.